The van der Waals surface area contributed by atoms with E-state index < -0.39 is 17.7 Å². The van der Waals surface area contributed by atoms with Crippen LogP contribution in [-0.2, 0) is 11.0 Å². The van der Waals surface area contributed by atoms with Crippen LogP contribution in [-0.4, -0.2) is 24.2 Å². The van der Waals surface area contributed by atoms with Crippen LogP contribution in [0.3, 0.4) is 0 Å². The van der Waals surface area contributed by atoms with Crippen molar-refractivity contribution in [1.82, 2.24) is 0 Å². The van der Waals surface area contributed by atoms with E-state index in [4.69, 9.17) is 15.6 Å². The van der Waals surface area contributed by atoms with Crippen molar-refractivity contribution < 1.29 is 27.8 Å². The molecule has 0 aliphatic carbocycles. The largest absolute Gasteiger partial charge is 0.493 e. The van der Waals surface area contributed by atoms with E-state index in [1.54, 1.807) is 0 Å². The van der Waals surface area contributed by atoms with Crippen molar-refractivity contribution in [3.05, 3.63) is 29.8 Å². The number of carboxylic acid groups (broad SMARTS) is 1. The molecule has 0 heterocycles. The molecule has 4 nitrogen and oxygen atoms in total. The average Bonchev–Trinajstić information content (AvgIpc) is 2.43. The van der Waals surface area contributed by atoms with Crippen LogP contribution in [0.2, 0.25) is 0 Å². The lowest BCUT2D eigenvalue weighted by molar-refractivity contribution is -0.138. The number of rotatable bonds is 8. The highest BCUT2D eigenvalue weighted by atomic mass is 19.4. The maximum atomic E-state index is 12.4. The first-order valence-corrected chi connectivity index (χ1v) is 6.94. The Balaban J connectivity index is 2.46. The van der Waals surface area contributed by atoms with Crippen LogP contribution >= 0.6 is 0 Å². The Labute approximate surface area is 127 Å². The molecule has 0 saturated carbocycles. The van der Waals surface area contributed by atoms with E-state index in [1.165, 1.54) is 12.1 Å². The highest BCUT2D eigenvalue weighted by Crippen LogP contribution is 2.30. The van der Waals surface area contributed by atoms with Gasteiger partial charge in [0.15, 0.2) is 0 Å². The number of carbonyl (C=O) groups is 1. The third-order valence-electron chi connectivity index (χ3n) is 3.25. The molecule has 0 spiro atoms. The molecule has 0 aliphatic rings. The second kappa shape index (κ2) is 8.03. The molecular weight excluding hydrogens is 299 g/mol. The molecule has 0 radical (unpaired) electrons. The average molecular weight is 319 g/mol. The molecule has 2 atom stereocenters. The topological polar surface area (TPSA) is 72.5 Å². The van der Waals surface area contributed by atoms with Gasteiger partial charge in [-0.1, -0.05) is 6.92 Å². The normalized spacial score (nSPS) is 14.4. The molecule has 0 aliphatic heterocycles. The van der Waals surface area contributed by atoms with Gasteiger partial charge in [0.25, 0.3) is 0 Å². The molecule has 2 unspecified atom stereocenters. The molecular formula is C15H20F3NO3. The standard InChI is InChI=1S/C15H20F3NO3/c1-10(6-11(8-19)7-14(20)21)9-22-13-4-2-12(3-5-13)15(16,17)18/h2-5,10-11H,6-9,19H2,1H3,(H,20,21). The van der Waals surface area contributed by atoms with Gasteiger partial charge in [-0.2, -0.15) is 13.2 Å². The maximum absolute atomic E-state index is 12.4. The number of halogens is 3. The molecule has 1 aromatic carbocycles. The number of hydrogen-bond acceptors (Lipinski definition) is 3. The Morgan fingerprint density at radius 2 is 1.91 bits per heavy atom. The second-order valence-corrected chi connectivity index (χ2v) is 5.37. The Morgan fingerprint density at radius 3 is 2.36 bits per heavy atom. The first-order chi connectivity index (χ1) is 10.2. The number of carboxylic acids is 1. The summed E-state index contributed by atoms with van der Waals surface area (Å²) in [6.07, 6.45) is -3.78. The molecule has 3 N–H and O–H groups in total. The summed E-state index contributed by atoms with van der Waals surface area (Å²) in [5.41, 5.74) is 4.80. The predicted octanol–water partition coefficient (Wildman–Crippen LogP) is 3.16. The second-order valence-electron chi connectivity index (χ2n) is 5.37. The van der Waals surface area contributed by atoms with Gasteiger partial charge in [0.05, 0.1) is 12.2 Å². The maximum Gasteiger partial charge on any atom is 0.416 e. The zero-order valence-electron chi connectivity index (χ0n) is 12.3. The third-order valence-corrected chi connectivity index (χ3v) is 3.25. The van der Waals surface area contributed by atoms with Crippen LogP contribution in [0.25, 0.3) is 0 Å². The van der Waals surface area contributed by atoms with Crippen molar-refractivity contribution in [2.75, 3.05) is 13.2 Å². The molecule has 0 fully saturated rings. The first kappa shape index (κ1) is 18.3. The minimum Gasteiger partial charge on any atom is -0.493 e. The van der Waals surface area contributed by atoms with Gasteiger partial charge in [-0.3, -0.25) is 4.79 Å². The molecule has 0 bridgehead atoms. The Kier molecular flexibility index (Phi) is 6.67. The van der Waals surface area contributed by atoms with Crippen LogP contribution in [0.5, 0.6) is 5.75 Å². The highest BCUT2D eigenvalue weighted by molar-refractivity contribution is 5.67. The van der Waals surface area contributed by atoms with Gasteiger partial charge in [-0.15, -0.1) is 0 Å². The Morgan fingerprint density at radius 1 is 1.32 bits per heavy atom. The van der Waals surface area contributed by atoms with Gasteiger partial charge in [0.2, 0.25) is 0 Å². The van der Waals surface area contributed by atoms with Gasteiger partial charge in [-0.05, 0) is 49.1 Å². The summed E-state index contributed by atoms with van der Waals surface area (Å²) in [5, 5.41) is 8.75. The van der Waals surface area contributed by atoms with E-state index in [0.29, 0.717) is 18.8 Å². The molecule has 124 valence electrons. The van der Waals surface area contributed by atoms with Crippen molar-refractivity contribution in [2.24, 2.45) is 17.6 Å². The first-order valence-electron chi connectivity index (χ1n) is 6.94. The molecule has 7 heteroatoms. The van der Waals surface area contributed by atoms with E-state index in [0.717, 1.165) is 12.1 Å². The van der Waals surface area contributed by atoms with Gasteiger partial charge in [-0.25, -0.2) is 0 Å². The summed E-state index contributed by atoms with van der Waals surface area (Å²) in [5.74, 6) is -0.632. The minimum absolute atomic E-state index is 0.00111. The zero-order chi connectivity index (χ0) is 16.8. The third kappa shape index (κ3) is 6.34. The smallest absolute Gasteiger partial charge is 0.416 e. The number of nitrogens with two attached hydrogens (primary N) is 1. The van der Waals surface area contributed by atoms with E-state index >= 15 is 0 Å². The van der Waals surface area contributed by atoms with E-state index in [1.807, 2.05) is 6.92 Å². The van der Waals surface area contributed by atoms with E-state index in [9.17, 15) is 18.0 Å². The van der Waals surface area contributed by atoms with Crippen molar-refractivity contribution in [3.63, 3.8) is 0 Å². The summed E-state index contributed by atoms with van der Waals surface area (Å²) >= 11 is 0. The predicted molar refractivity (Wildman–Crippen MR) is 75.5 cm³/mol. The number of benzene rings is 1. The lowest BCUT2D eigenvalue weighted by atomic mass is 9.93. The van der Waals surface area contributed by atoms with Gasteiger partial charge >= 0.3 is 12.1 Å². The zero-order valence-corrected chi connectivity index (χ0v) is 12.3. The lowest BCUT2D eigenvalue weighted by Crippen LogP contribution is -2.22. The van der Waals surface area contributed by atoms with Crippen LogP contribution in [0.1, 0.15) is 25.3 Å². The van der Waals surface area contributed by atoms with Crippen molar-refractivity contribution >= 4 is 5.97 Å². The van der Waals surface area contributed by atoms with Crippen molar-refractivity contribution in [3.8, 4) is 5.75 Å². The number of hydrogen-bond donors (Lipinski definition) is 2. The van der Waals surface area contributed by atoms with E-state index in [-0.39, 0.29) is 24.8 Å². The number of alkyl halides is 3. The van der Waals surface area contributed by atoms with Crippen LogP contribution in [0, 0.1) is 11.8 Å². The fourth-order valence-corrected chi connectivity index (χ4v) is 2.13. The van der Waals surface area contributed by atoms with Crippen LogP contribution < -0.4 is 10.5 Å². The fourth-order valence-electron chi connectivity index (χ4n) is 2.13. The van der Waals surface area contributed by atoms with Crippen molar-refractivity contribution in [1.29, 1.82) is 0 Å². The summed E-state index contributed by atoms with van der Waals surface area (Å²) in [6, 6.07) is 4.47. The van der Waals surface area contributed by atoms with Gasteiger partial charge < -0.3 is 15.6 Å². The number of ether oxygens (including phenoxy) is 1. The molecule has 22 heavy (non-hydrogen) atoms. The summed E-state index contributed by atoms with van der Waals surface area (Å²) in [7, 11) is 0. The van der Waals surface area contributed by atoms with Gasteiger partial charge in [0, 0.05) is 6.42 Å². The minimum atomic E-state index is -4.36. The summed E-state index contributed by atoms with van der Waals surface area (Å²) in [4.78, 5) is 10.7. The molecule has 1 aromatic rings. The van der Waals surface area contributed by atoms with Crippen LogP contribution in [0.15, 0.2) is 24.3 Å². The molecule has 1 rings (SSSR count). The summed E-state index contributed by atoms with van der Waals surface area (Å²) in [6.45, 7) is 2.45. The van der Waals surface area contributed by atoms with E-state index in [2.05, 4.69) is 0 Å². The molecule has 0 saturated heterocycles. The Bertz CT molecular complexity index is 474. The SMILES string of the molecule is CC(COc1ccc(C(F)(F)F)cc1)CC(CN)CC(=O)O. The molecule has 0 amide bonds. The van der Waals surface area contributed by atoms with Crippen LogP contribution in [0.4, 0.5) is 13.2 Å². The van der Waals surface area contributed by atoms with Gasteiger partial charge in [0.1, 0.15) is 5.75 Å². The summed E-state index contributed by atoms with van der Waals surface area (Å²) < 4.78 is 42.7. The highest BCUT2D eigenvalue weighted by Gasteiger charge is 2.30. The lowest BCUT2D eigenvalue weighted by Gasteiger charge is -2.18. The monoisotopic (exact) mass is 319 g/mol. The van der Waals surface area contributed by atoms with Crippen molar-refractivity contribution in [2.45, 2.75) is 25.9 Å². The fraction of sp³-hybridized carbons (Fsp3) is 0.533. The molecule has 0 aromatic heterocycles. The number of aliphatic carboxylic acids is 1. The quantitative estimate of drug-likeness (QED) is 0.772. The Hall–Kier alpha value is -1.76.